The Morgan fingerprint density at radius 2 is 2.10 bits per heavy atom. The number of nitrogens with one attached hydrogen (secondary N) is 2. The summed E-state index contributed by atoms with van der Waals surface area (Å²) in [6, 6.07) is 1.93. The molecule has 0 spiro atoms. The van der Waals surface area contributed by atoms with Crippen LogP contribution in [0.25, 0.3) is 0 Å². The fraction of sp³-hybridized carbons (Fsp3) is 0.500. The van der Waals surface area contributed by atoms with E-state index in [-0.39, 0.29) is 30.7 Å². The third-order valence-corrected chi connectivity index (χ3v) is 3.25. The first-order valence-corrected chi connectivity index (χ1v) is 6.83. The average molecular weight is 302 g/mol. The molecule has 1 aromatic carbocycles. The highest BCUT2D eigenvalue weighted by atomic mass is 19.2. The first kappa shape index (κ1) is 15.6. The van der Waals surface area contributed by atoms with E-state index < -0.39 is 17.5 Å². The summed E-state index contributed by atoms with van der Waals surface area (Å²) in [4.78, 5) is 11.6. The normalized spacial score (nSPS) is 17.8. The summed E-state index contributed by atoms with van der Waals surface area (Å²) in [5.41, 5.74) is -0.166. The third-order valence-electron chi connectivity index (χ3n) is 3.25. The van der Waals surface area contributed by atoms with Gasteiger partial charge in [0.25, 0.3) is 0 Å². The molecule has 0 saturated carbocycles. The number of carbonyl (C=O) groups excluding carboxylic acids is 1. The van der Waals surface area contributed by atoms with E-state index in [2.05, 4.69) is 10.6 Å². The number of amides is 1. The Balaban J connectivity index is 1.71. The van der Waals surface area contributed by atoms with Gasteiger partial charge in [0.05, 0.1) is 11.8 Å². The molecule has 1 heterocycles. The number of carbonyl (C=O) groups is 1. The van der Waals surface area contributed by atoms with Gasteiger partial charge in [0.1, 0.15) is 0 Å². The SMILES string of the molecule is O=C(CCNc1ccc(F)c(F)c1F)NCC1CCCO1. The summed E-state index contributed by atoms with van der Waals surface area (Å²) in [5.74, 6) is -4.26. The molecule has 0 bridgehead atoms. The number of ether oxygens (including phenoxy) is 1. The second-order valence-electron chi connectivity index (χ2n) is 4.84. The van der Waals surface area contributed by atoms with Crippen molar-refractivity contribution < 1.29 is 22.7 Å². The summed E-state index contributed by atoms with van der Waals surface area (Å²) in [6.45, 7) is 1.30. The van der Waals surface area contributed by atoms with Crippen molar-refractivity contribution in [2.45, 2.75) is 25.4 Å². The van der Waals surface area contributed by atoms with Gasteiger partial charge in [-0.05, 0) is 25.0 Å². The van der Waals surface area contributed by atoms with Crippen molar-refractivity contribution in [2.24, 2.45) is 0 Å². The number of halogens is 3. The largest absolute Gasteiger partial charge is 0.382 e. The first-order valence-electron chi connectivity index (χ1n) is 6.83. The Kier molecular flexibility index (Phi) is 5.44. The van der Waals surface area contributed by atoms with E-state index >= 15 is 0 Å². The maximum absolute atomic E-state index is 13.3. The molecule has 7 heteroatoms. The summed E-state index contributed by atoms with van der Waals surface area (Å²) >= 11 is 0. The van der Waals surface area contributed by atoms with Crippen molar-refractivity contribution in [3.63, 3.8) is 0 Å². The smallest absolute Gasteiger partial charge is 0.221 e. The van der Waals surface area contributed by atoms with Crippen LogP contribution in [0.3, 0.4) is 0 Å². The van der Waals surface area contributed by atoms with E-state index in [1.807, 2.05) is 0 Å². The predicted molar refractivity (Wildman–Crippen MR) is 71.4 cm³/mol. The lowest BCUT2D eigenvalue weighted by molar-refractivity contribution is -0.121. The van der Waals surface area contributed by atoms with Crippen LogP contribution in [0.2, 0.25) is 0 Å². The molecule has 1 unspecified atom stereocenters. The lowest BCUT2D eigenvalue weighted by atomic mass is 10.2. The molecule has 2 N–H and O–H groups in total. The van der Waals surface area contributed by atoms with Crippen molar-refractivity contribution in [1.29, 1.82) is 0 Å². The minimum atomic E-state index is -1.53. The van der Waals surface area contributed by atoms with Crippen LogP contribution in [0.15, 0.2) is 12.1 Å². The molecule has 0 aromatic heterocycles. The monoisotopic (exact) mass is 302 g/mol. The molecule has 4 nitrogen and oxygen atoms in total. The molecule has 1 saturated heterocycles. The molecule has 0 aliphatic carbocycles. The van der Waals surface area contributed by atoms with Crippen LogP contribution in [-0.2, 0) is 9.53 Å². The van der Waals surface area contributed by atoms with Crippen molar-refractivity contribution in [3.8, 4) is 0 Å². The highest BCUT2D eigenvalue weighted by Crippen LogP contribution is 2.19. The lowest BCUT2D eigenvalue weighted by Gasteiger charge is -2.11. The standard InChI is InChI=1S/C14H17F3N2O2/c15-10-3-4-11(14(17)13(10)16)18-6-5-12(20)19-8-9-2-1-7-21-9/h3-4,9,18H,1-2,5-8H2,(H,19,20). The Hall–Kier alpha value is -1.76. The van der Waals surface area contributed by atoms with Gasteiger partial charge >= 0.3 is 0 Å². The number of benzene rings is 1. The van der Waals surface area contributed by atoms with E-state index in [1.54, 1.807) is 0 Å². The minimum absolute atomic E-state index is 0.0607. The van der Waals surface area contributed by atoms with Gasteiger partial charge < -0.3 is 15.4 Å². The van der Waals surface area contributed by atoms with E-state index in [0.717, 1.165) is 31.6 Å². The van der Waals surface area contributed by atoms with E-state index in [9.17, 15) is 18.0 Å². The van der Waals surface area contributed by atoms with Crippen molar-refractivity contribution in [1.82, 2.24) is 5.32 Å². The summed E-state index contributed by atoms with van der Waals surface area (Å²) in [5, 5.41) is 5.28. The highest BCUT2D eigenvalue weighted by Gasteiger charge is 2.16. The Labute approximate surface area is 120 Å². The Morgan fingerprint density at radius 1 is 1.29 bits per heavy atom. The lowest BCUT2D eigenvalue weighted by Crippen LogP contribution is -2.32. The molecular weight excluding hydrogens is 285 g/mol. The Morgan fingerprint density at radius 3 is 2.81 bits per heavy atom. The molecule has 1 atom stereocenters. The quantitative estimate of drug-likeness (QED) is 0.792. The summed E-state index contributed by atoms with van der Waals surface area (Å²) in [7, 11) is 0. The number of anilines is 1. The zero-order chi connectivity index (χ0) is 15.2. The first-order chi connectivity index (χ1) is 10.1. The third kappa shape index (κ3) is 4.35. The molecule has 1 aliphatic rings. The Bertz CT molecular complexity index is 505. The number of hydrogen-bond acceptors (Lipinski definition) is 3. The maximum Gasteiger partial charge on any atom is 0.221 e. The minimum Gasteiger partial charge on any atom is -0.382 e. The van der Waals surface area contributed by atoms with Gasteiger partial charge in [0, 0.05) is 26.1 Å². The second-order valence-corrected chi connectivity index (χ2v) is 4.84. The van der Waals surface area contributed by atoms with Crippen molar-refractivity contribution in [2.75, 3.05) is 25.0 Å². The van der Waals surface area contributed by atoms with Crippen LogP contribution in [0.1, 0.15) is 19.3 Å². The van der Waals surface area contributed by atoms with Gasteiger partial charge in [0.15, 0.2) is 17.5 Å². The van der Waals surface area contributed by atoms with Crippen molar-refractivity contribution in [3.05, 3.63) is 29.6 Å². The molecule has 1 fully saturated rings. The van der Waals surface area contributed by atoms with Gasteiger partial charge in [-0.3, -0.25) is 4.79 Å². The fourth-order valence-corrected chi connectivity index (χ4v) is 2.09. The van der Waals surface area contributed by atoms with E-state index in [0.29, 0.717) is 6.54 Å². The van der Waals surface area contributed by atoms with E-state index in [1.165, 1.54) is 0 Å². The van der Waals surface area contributed by atoms with Gasteiger partial charge in [-0.15, -0.1) is 0 Å². The molecular formula is C14H17F3N2O2. The van der Waals surface area contributed by atoms with Gasteiger partial charge in [-0.1, -0.05) is 0 Å². The summed E-state index contributed by atoms with van der Waals surface area (Å²) in [6.07, 6.45) is 2.09. The molecule has 21 heavy (non-hydrogen) atoms. The second kappa shape index (κ2) is 7.31. The molecule has 1 amide bonds. The van der Waals surface area contributed by atoms with Crippen LogP contribution in [0.4, 0.5) is 18.9 Å². The fourth-order valence-electron chi connectivity index (χ4n) is 2.09. The topological polar surface area (TPSA) is 50.4 Å². The van der Waals surface area contributed by atoms with Crippen LogP contribution in [-0.4, -0.2) is 31.7 Å². The van der Waals surface area contributed by atoms with Crippen molar-refractivity contribution >= 4 is 11.6 Å². The average Bonchev–Trinajstić information content (AvgIpc) is 2.98. The van der Waals surface area contributed by atoms with E-state index in [4.69, 9.17) is 4.74 Å². The molecule has 116 valence electrons. The summed E-state index contributed by atoms with van der Waals surface area (Å²) < 4.78 is 44.4. The highest BCUT2D eigenvalue weighted by molar-refractivity contribution is 5.76. The van der Waals surface area contributed by atoms with Crippen LogP contribution in [0.5, 0.6) is 0 Å². The van der Waals surface area contributed by atoms with Crippen LogP contribution >= 0.6 is 0 Å². The van der Waals surface area contributed by atoms with Gasteiger partial charge in [-0.25, -0.2) is 13.2 Å². The van der Waals surface area contributed by atoms with Gasteiger partial charge in [0.2, 0.25) is 5.91 Å². The zero-order valence-corrected chi connectivity index (χ0v) is 11.4. The maximum atomic E-state index is 13.3. The zero-order valence-electron chi connectivity index (χ0n) is 11.4. The molecule has 2 rings (SSSR count). The van der Waals surface area contributed by atoms with Crippen LogP contribution in [0, 0.1) is 17.5 Å². The molecule has 0 radical (unpaired) electrons. The molecule has 1 aliphatic heterocycles. The van der Waals surface area contributed by atoms with Crippen LogP contribution < -0.4 is 10.6 Å². The number of hydrogen-bond donors (Lipinski definition) is 2. The number of rotatable bonds is 6. The molecule has 1 aromatic rings. The predicted octanol–water partition coefficient (Wildman–Crippen LogP) is 2.20. The van der Waals surface area contributed by atoms with Gasteiger partial charge in [-0.2, -0.15) is 0 Å².